The summed E-state index contributed by atoms with van der Waals surface area (Å²) in [6, 6.07) is 5.98. The molecule has 2 aromatic rings. The van der Waals surface area contributed by atoms with Crippen molar-refractivity contribution in [1.29, 1.82) is 5.41 Å². The molecule has 3 N–H and O–H groups in total. The standard InChI is InChI=1S/C12H9F3N4O2/c13-12(14,15)21-8-3-1-2-7(6-8)10(17)19-9(16)4-5-18-11(19)20/h1-6,17H,16H2. The molecule has 0 aliphatic carbocycles. The van der Waals surface area contributed by atoms with E-state index in [1.165, 1.54) is 24.4 Å². The molecule has 1 aromatic heterocycles. The molecule has 0 saturated carbocycles. The monoisotopic (exact) mass is 298 g/mol. The second-order valence-corrected chi connectivity index (χ2v) is 3.91. The Morgan fingerprint density at radius 1 is 1.33 bits per heavy atom. The van der Waals surface area contributed by atoms with Gasteiger partial charge in [-0.1, -0.05) is 12.1 Å². The third-order valence-corrected chi connectivity index (χ3v) is 2.44. The van der Waals surface area contributed by atoms with Gasteiger partial charge in [0.15, 0.2) is 0 Å². The van der Waals surface area contributed by atoms with Crippen molar-refractivity contribution in [1.82, 2.24) is 9.55 Å². The molecular weight excluding hydrogens is 289 g/mol. The second kappa shape index (κ2) is 5.27. The molecule has 1 aromatic carbocycles. The van der Waals surface area contributed by atoms with E-state index in [0.717, 1.165) is 16.7 Å². The summed E-state index contributed by atoms with van der Waals surface area (Å²) in [5.74, 6) is -0.958. The Balaban J connectivity index is 2.41. The summed E-state index contributed by atoms with van der Waals surface area (Å²) in [6.45, 7) is 0. The van der Waals surface area contributed by atoms with E-state index < -0.39 is 23.6 Å². The molecular formula is C12H9F3N4O2. The Hall–Kier alpha value is -2.84. The first-order valence-electron chi connectivity index (χ1n) is 5.56. The van der Waals surface area contributed by atoms with Crippen LogP contribution in [-0.4, -0.2) is 21.7 Å². The van der Waals surface area contributed by atoms with Crippen molar-refractivity contribution in [3.63, 3.8) is 0 Å². The van der Waals surface area contributed by atoms with Crippen molar-refractivity contribution in [3.8, 4) is 5.75 Å². The van der Waals surface area contributed by atoms with E-state index in [4.69, 9.17) is 11.1 Å². The SMILES string of the molecule is N=C(c1cccc(OC(F)(F)F)c1)n1c(N)ccnc1=O. The van der Waals surface area contributed by atoms with Crippen molar-refractivity contribution in [2.45, 2.75) is 6.36 Å². The lowest BCUT2D eigenvalue weighted by Crippen LogP contribution is -2.31. The number of nitrogens with one attached hydrogen (secondary N) is 1. The number of ether oxygens (including phenoxy) is 1. The lowest BCUT2D eigenvalue weighted by atomic mass is 10.2. The maximum atomic E-state index is 12.2. The molecule has 0 aliphatic heterocycles. The van der Waals surface area contributed by atoms with E-state index in [2.05, 4.69) is 9.72 Å². The van der Waals surface area contributed by atoms with E-state index in [9.17, 15) is 18.0 Å². The van der Waals surface area contributed by atoms with E-state index in [1.807, 2.05) is 0 Å². The molecule has 0 atom stereocenters. The van der Waals surface area contributed by atoms with Crippen molar-refractivity contribution in [3.05, 3.63) is 52.6 Å². The molecule has 0 amide bonds. The first-order chi connectivity index (χ1) is 9.78. The van der Waals surface area contributed by atoms with E-state index >= 15 is 0 Å². The van der Waals surface area contributed by atoms with Gasteiger partial charge in [0.2, 0.25) is 0 Å². The van der Waals surface area contributed by atoms with Gasteiger partial charge in [-0.05, 0) is 18.2 Å². The van der Waals surface area contributed by atoms with Gasteiger partial charge in [-0.15, -0.1) is 13.2 Å². The van der Waals surface area contributed by atoms with Gasteiger partial charge in [-0.3, -0.25) is 5.41 Å². The van der Waals surface area contributed by atoms with E-state index in [0.29, 0.717) is 0 Å². The van der Waals surface area contributed by atoms with Crippen LogP contribution in [0.4, 0.5) is 19.0 Å². The van der Waals surface area contributed by atoms with Crippen molar-refractivity contribution in [2.75, 3.05) is 5.73 Å². The highest BCUT2D eigenvalue weighted by molar-refractivity contribution is 5.99. The lowest BCUT2D eigenvalue weighted by Gasteiger charge is -2.12. The fourth-order valence-corrected chi connectivity index (χ4v) is 1.61. The van der Waals surface area contributed by atoms with Gasteiger partial charge in [0, 0.05) is 11.8 Å². The van der Waals surface area contributed by atoms with Crippen LogP contribution >= 0.6 is 0 Å². The number of anilines is 1. The number of benzene rings is 1. The van der Waals surface area contributed by atoms with Crippen LogP contribution in [0.15, 0.2) is 41.3 Å². The van der Waals surface area contributed by atoms with Gasteiger partial charge in [0.05, 0.1) is 0 Å². The molecule has 6 nitrogen and oxygen atoms in total. The van der Waals surface area contributed by atoms with Crippen LogP contribution in [0.25, 0.3) is 0 Å². The van der Waals surface area contributed by atoms with Gasteiger partial charge in [-0.25, -0.2) is 14.3 Å². The largest absolute Gasteiger partial charge is 0.573 e. The number of hydrogen-bond donors (Lipinski definition) is 2. The summed E-state index contributed by atoms with van der Waals surface area (Å²) in [5, 5.41) is 7.89. The molecule has 1 heterocycles. The molecule has 0 bridgehead atoms. The Morgan fingerprint density at radius 2 is 2.05 bits per heavy atom. The van der Waals surface area contributed by atoms with Gasteiger partial charge in [0.25, 0.3) is 0 Å². The lowest BCUT2D eigenvalue weighted by molar-refractivity contribution is -0.274. The predicted octanol–water partition coefficient (Wildman–Crippen LogP) is 1.60. The Labute approximate surface area is 116 Å². The third-order valence-electron chi connectivity index (χ3n) is 2.44. The quantitative estimate of drug-likeness (QED) is 0.650. The van der Waals surface area contributed by atoms with Crippen molar-refractivity contribution < 1.29 is 17.9 Å². The number of nitrogen functional groups attached to an aromatic ring is 1. The summed E-state index contributed by atoms with van der Waals surface area (Å²) in [7, 11) is 0. The summed E-state index contributed by atoms with van der Waals surface area (Å²) >= 11 is 0. The highest BCUT2D eigenvalue weighted by Crippen LogP contribution is 2.23. The number of halogens is 3. The Bertz CT molecular complexity index is 740. The molecule has 0 aliphatic rings. The van der Waals surface area contributed by atoms with Crippen LogP contribution in [0.5, 0.6) is 5.75 Å². The number of rotatable bonds is 2. The average Bonchev–Trinajstić information content (AvgIpc) is 2.36. The molecule has 0 fully saturated rings. The summed E-state index contributed by atoms with van der Waals surface area (Å²) < 4.78 is 41.0. The molecule has 21 heavy (non-hydrogen) atoms. The summed E-state index contributed by atoms with van der Waals surface area (Å²) in [5.41, 5.74) is 4.79. The number of nitrogens with two attached hydrogens (primary N) is 1. The summed E-state index contributed by atoms with van der Waals surface area (Å²) in [4.78, 5) is 15.0. The molecule has 110 valence electrons. The van der Waals surface area contributed by atoms with Crippen molar-refractivity contribution in [2.24, 2.45) is 0 Å². The molecule has 9 heteroatoms. The third kappa shape index (κ3) is 3.38. The smallest absolute Gasteiger partial charge is 0.406 e. The Morgan fingerprint density at radius 3 is 2.67 bits per heavy atom. The maximum absolute atomic E-state index is 12.2. The fourth-order valence-electron chi connectivity index (χ4n) is 1.61. The molecule has 0 spiro atoms. The highest BCUT2D eigenvalue weighted by Gasteiger charge is 2.31. The number of hydrogen-bond acceptors (Lipinski definition) is 5. The maximum Gasteiger partial charge on any atom is 0.573 e. The van der Waals surface area contributed by atoms with Crippen LogP contribution in [0.3, 0.4) is 0 Å². The van der Waals surface area contributed by atoms with Crippen LogP contribution in [0.1, 0.15) is 5.56 Å². The summed E-state index contributed by atoms with van der Waals surface area (Å²) in [6.07, 6.45) is -3.67. The van der Waals surface area contributed by atoms with Crippen LogP contribution < -0.4 is 16.2 Å². The first-order valence-corrected chi connectivity index (χ1v) is 5.56. The molecule has 0 radical (unpaired) electrons. The minimum absolute atomic E-state index is 0.0264. The molecule has 0 unspecified atom stereocenters. The van der Waals surface area contributed by atoms with E-state index in [-0.39, 0.29) is 11.4 Å². The normalized spacial score (nSPS) is 11.2. The molecule has 2 rings (SSSR count). The topological polar surface area (TPSA) is 94.0 Å². The van der Waals surface area contributed by atoms with E-state index in [1.54, 1.807) is 0 Å². The van der Waals surface area contributed by atoms with Gasteiger partial charge >= 0.3 is 12.1 Å². The number of nitrogens with zero attached hydrogens (tertiary/aromatic N) is 2. The zero-order valence-electron chi connectivity index (χ0n) is 10.4. The zero-order chi connectivity index (χ0) is 15.6. The van der Waals surface area contributed by atoms with Crippen LogP contribution in [0, 0.1) is 5.41 Å². The average molecular weight is 298 g/mol. The Kier molecular flexibility index (Phi) is 3.66. The minimum Gasteiger partial charge on any atom is -0.406 e. The van der Waals surface area contributed by atoms with Gasteiger partial charge in [0.1, 0.15) is 17.4 Å². The number of aromatic nitrogens is 2. The van der Waals surface area contributed by atoms with Crippen LogP contribution in [-0.2, 0) is 0 Å². The minimum atomic E-state index is -4.84. The second-order valence-electron chi connectivity index (χ2n) is 3.91. The fraction of sp³-hybridized carbons (Fsp3) is 0.0833. The van der Waals surface area contributed by atoms with Gasteiger partial charge in [-0.2, -0.15) is 0 Å². The highest BCUT2D eigenvalue weighted by atomic mass is 19.4. The van der Waals surface area contributed by atoms with Gasteiger partial charge < -0.3 is 10.5 Å². The number of alkyl halides is 3. The van der Waals surface area contributed by atoms with Crippen molar-refractivity contribution >= 4 is 11.7 Å². The first kappa shape index (κ1) is 14.6. The predicted molar refractivity (Wildman–Crippen MR) is 68.3 cm³/mol. The zero-order valence-corrected chi connectivity index (χ0v) is 10.4. The molecule has 0 saturated heterocycles. The van der Waals surface area contributed by atoms with Crippen LogP contribution in [0.2, 0.25) is 0 Å².